The topological polar surface area (TPSA) is 12.9 Å². The van der Waals surface area contributed by atoms with Crippen LogP contribution in [0.5, 0.6) is 0 Å². The number of aromatic nitrogens is 1. The van der Waals surface area contributed by atoms with E-state index in [-0.39, 0.29) is 5.02 Å². The fraction of sp³-hybridized carbons (Fsp3) is 0.154. The molecular weight excluding hydrogens is 295 g/mol. The molecule has 0 aliphatic rings. The van der Waals surface area contributed by atoms with E-state index < -0.39 is 11.7 Å². The molecular formula is C13H9ClF3NS. The number of hydrogen-bond donors (Lipinski definition) is 0. The Morgan fingerprint density at radius 1 is 1.16 bits per heavy atom. The molecule has 19 heavy (non-hydrogen) atoms. The van der Waals surface area contributed by atoms with Crippen molar-refractivity contribution in [3.05, 3.63) is 58.7 Å². The van der Waals surface area contributed by atoms with Gasteiger partial charge in [0.25, 0.3) is 0 Å². The van der Waals surface area contributed by atoms with Crippen LogP contribution in [0.3, 0.4) is 0 Å². The lowest BCUT2D eigenvalue weighted by atomic mass is 10.2. The Morgan fingerprint density at radius 3 is 2.47 bits per heavy atom. The van der Waals surface area contributed by atoms with Gasteiger partial charge in [0.15, 0.2) is 0 Å². The van der Waals surface area contributed by atoms with Crippen molar-refractivity contribution in [1.29, 1.82) is 0 Å². The van der Waals surface area contributed by atoms with Gasteiger partial charge in [0.2, 0.25) is 0 Å². The number of pyridine rings is 1. The molecule has 0 bridgehead atoms. The number of rotatable bonds is 3. The van der Waals surface area contributed by atoms with Crippen molar-refractivity contribution in [1.82, 2.24) is 4.98 Å². The maximum atomic E-state index is 12.7. The summed E-state index contributed by atoms with van der Waals surface area (Å²) in [5.74, 6) is 0.562. The van der Waals surface area contributed by atoms with E-state index >= 15 is 0 Å². The molecule has 100 valence electrons. The lowest BCUT2D eigenvalue weighted by Gasteiger charge is -2.10. The largest absolute Gasteiger partial charge is 0.417 e. The van der Waals surface area contributed by atoms with Crippen molar-refractivity contribution in [2.75, 3.05) is 0 Å². The molecule has 1 aromatic heterocycles. The summed E-state index contributed by atoms with van der Waals surface area (Å²) in [5, 5.41) is -0.0721. The zero-order valence-corrected chi connectivity index (χ0v) is 11.2. The van der Waals surface area contributed by atoms with Crippen molar-refractivity contribution in [2.24, 2.45) is 0 Å². The van der Waals surface area contributed by atoms with Crippen LogP contribution in [0.1, 0.15) is 11.1 Å². The number of halogens is 4. The fourth-order valence-electron chi connectivity index (χ4n) is 1.45. The molecule has 0 saturated heterocycles. The molecule has 0 spiro atoms. The zero-order chi connectivity index (χ0) is 13.9. The van der Waals surface area contributed by atoms with Crippen molar-refractivity contribution in [2.45, 2.75) is 17.0 Å². The van der Waals surface area contributed by atoms with E-state index in [9.17, 15) is 13.2 Å². The van der Waals surface area contributed by atoms with Gasteiger partial charge < -0.3 is 0 Å². The lowest BCUT2D eigenvalue weighted by Crippen LogP contribution is -2.06. The van der Waals surface area contributed by atoms with Gasteiger partial charge in [-0.3, -0.25) is 0 Å². The van der Waals surface area contributed by atoms with Gasteiger partial charge in [0.1, 0.15) is 0 Å². The maximum Gasteiger partial charge on any atom is 0.417 e. The molecule has 1 heterocycles. The molecule has 0 fully saturated rings. The van der Waals surface area contributed by atoms with Gasteiger partial charge in [-0.15, -0.1) is 11.8 Å². The number of hydrogen-bond acceptors (Lipinski definition) is 2. The predicted octanol–water partition coefficient (Wildman–Crippen LogP) is 5.05. The number of nitrogens with zero attached hydrogens (tertiary/aromatic N) is 1. The molecule has 2 rings (SSSR count). The Kier molecular flexibility index (Phi) is 4.37. The van der Waals surface area contributed by atoms with Crippen LogP contribution in [0, 0.1) is 0 Å². The van der Waals surface area contributed by atoms with E-state index in [1.54, 1.807) is 0 Å². The first-order valence-corrected chi connectivity index (χ1v) is 6.72. The lowest BCUT2D eigenvalue weighted by molar-refractivity contribution is -0.137. The minimum Gasteiger partial charge on any atom is -0.248 e. The van der Waals surface area contributed by atoms with Crippen LogP contribution in [-0.4, -0.2) is 4.98 Å². The highest BCUT2D eigenvalue weighted by atomic mass is 35.5. The van der Waals surface area contributed by atoms with Crippen molar-refractivity contribution >= 4 is 23.4 Å². The quantitative estimate of drug-likeness (QED) is 0.736. The normalized spacial score (nSPS) is 11.6. The first-order chi connectivity index (χ1) is 8.97. The smallest absolute Gasteiger partial charge is 0.248 e. The van der Waals surface area contributed by atoms with Gasteiger partial charge in [-0.2, -0.15) is 13.2 Å². The Hall–Kier alpha value is -1.20. The molecule has 1 nitrogen and oxygen atoms in total. The minimum atomic E-state index is -4.46. The Bertz CT molecular complexity index is 558. The van der Waals surface area contributed by atoms with Gasteiger partial charge in [-0.25, -0.2) is 4.98 Å². The second kappa shape index (κ2) is 5.84. The average molecular weight is 304 g/mol. The van der Waals surface area contributed by atoms with Crippen LogP contribution in [-0.2, 0) is 11.9 Å². The third kappa shape index (κ3) is 3.88. The molecule has 0 atom stereocenters. The Balaban J connectivity index is 2.14. The van der Waals surface area contributed by atoms with E-state index in [4.69, 9.17) is 11.6 Å². The van der Waals surface area contributed by atoms with E-state index in [0.29, 0.717) is 10.8 Å². The molecule has 0 saturated carbocycles. The highest BCUT2D eigenvalue weighted by Crippen LogP contribution is 2.36. The van der Waals surface area contributed by atoms with Crippen LogP contribution in [0.15, 0.2) is 47.6 Å². The van der Waals surface area contributed by atoms with E-state index in [1.807, 2.05) is 30.3 Å². The number of alkyl halides is 3. The molecule has 2 aromatic rings. The van der Waals surface area contributed by atoms with Crippen LogP contribution >= 0.6 is 23.4 Å². The molecule has 0 radical (unpaired) electrons. The monoisotopic (exact) mass is 303 g/mol. The third-order valence-corrected chi connectivity index (χ3v) is 3.66. The van der Waals surface area contributed by atoms with Crippen LogP contribution in [0.2, 0.25) is 5.02 Å². The Labute approximate surface area is 117 Å². The SMILES string of the molecule is FC(F)(F)c1cc(SCc2ccccc2)ncc1Cl. The van der Waals surface area contributed by atoms with Gasteiger partial charge in [0.05, 0.1) is 15.6 Å². The van der Waals surface area contributed by atoms with Gasteiger partial charge in [0, 0.05) is 11.9 Å². The van der Waals surface area contributed by atoms with Crippen LogP contribution in [0.4, 0.5) is 13.2 Å². The maximum absolute atomic E-state index is 12.7. The Morgan fingerprint density at radius 2 is 1.84 bits per heavy atom. The molecule has 1 aromatic carbocycles. The second-order valence-corrected chi connectivity index (χ2v) is 5.18. The summed E-state index contributed by atoms with van der Waals surface area (Å²) in [6, 6.07) is 10.5. The van der Waals surface area contributed by atoms with E-state index in [1.165, 1.54) is 11.8 Å². The first-order valence-electron chi connectivity index (χ1n) is 5.36. The van der Waals surface area contributed by atoms with Crippen molar-refractivity contribution < 1.29 is 13.2 Å². The molecule has 0 aliphatic carbocycles. The fourth-order valence-corrected chi connectivity index (χ4v) is 2.49. The standard InChI is InChI=1S/C13H9ClF3NS/c14-11-7-18-12(6-10(11)13(15,16)17)19-8-9-4-2-1-3-5-9/h1-7H,8H2. The third-order valence-electron chi connectivity index (χ3n) is 2.37. The average Bonchev–Trinajstić information content (AvgIpc) is 2.37. The molecule has 0 amide bonds. The summed E-state index contributed by atoms with van der Waals surface area (Å²) >= 11 is 6.75. The van der Waals surface area contributed by atoms with Crippen molar-refractivity contribution in [3.63, 3.8) is 0 Å². The van der Waals surface area contributed by atoms with E-state index in [0.717, 1.165) is 17.8 Å². The van der Waals surface area contributed by atoms with Crippen LogP contribution in [0.25, 0.3) is 0 Å². The van der Waals surface area contributed by atoms with Gasteiger partial charge in [-0.1, -0.05) is 41.9 Å². The summed E-state index contributed by atoms with van der Waals surface area (Å²) in [6.45, 7) is 0. The van der Waals surface area contributed by atoms with Gasteiger partial charge >= 0.3 is 6.18 Å². The van der Waals surface area contributed by atoms with Crippen molar-refractivity contribution in [3.8, 4) is 0 Å². The van der Waals surface area contributed by atoms with Gasteiger partial charge in [-0.05, 0) is 11.6 Å². The summed E-state index contributed by atoms with van der Waals surface area (Å²) < 4.78 is 38.0. The summed E-state index contributed by atoms with van der Waals surface area (Å²) in [7, 11) is 0. The molecule has 0 unspecified atom stereocenters. The number of benzene rings is 1. The highest BCUT2D eigenvalue weighted by molar-refractivity contribution is 7.98. The predicted molar refractivity (Wildman–Crippen MR) is 70.3 cm³/mol. The zero-order valence-electron chi connectivity index (χ0n) is 9.62. The second-order valence-electron chi connectivity index (χ2n) is 3.77. The summed E-state index contributed by atoms with van der Waals surface area (Å²) in [5.41, 5.74) is 0.178. The summed E-state index contributed by atoms with van der Waals surface area (Å²) in [4.78, 5) is 3.90. The van der Waals surface area contributed by atoms with E-state index in [2.05, 4.69) is 4.98 Å². The number of thioether (sulfide) groups is 1. The minimum absolute atomic E-state index is 0.306. The molecule has 0 aliphatic heterocycles. The van der Waals surface area contributed by atoms with Crippen LogP contribution < -0.4 is 0 Å². The molecule has 6 heteroatoms. The highest BCUT2D eigenvalue weighted by Gasteiger charge is 2.33. The molecule has 0 N–H and O–H groups in total. The summed E-state index contributed by atoms with van der Waals surface area (Å²) in [6.07, 6.45) is -3.42. The first kappa shape index (κ1) is 14.2.